The lowest BCUT2D eigenvalue weighted by Gasteiger charge is -2.20. The summed E-state index contributed by atoms with van der Waals surface area (Å²) in [7, 11) is 0. The summed E-state index contributed by atoms with van der Waals surface area (Å²) in [5.41, 5.74) is 3.99. The topological polar surface area (TPSA) is 17.8 Å². The van der Waals surface area contributed by atoms with Crippen LogP contribution in [-0.4, -0.2) is 9.55 Å². The predicted octanol–water partition coefficient (Wildman–Crippen LogP) is 13.2. The van der Waals surface area contributed by atoms with Crippen LogP contribution < -0.4 is 0 Å². The zero-order valence-corrected chi connectivity index (χ0v) is 27.0. The Labute approximate surface area is 315 Å². The molecule has 9 aromatic carbocycles. The molecule has 0 unspecified atom stereocenters. The van der Waals surface area contributed by atoms with Crippen molar-refractivity contribution >= 4 is 54.1 Å². The first-order valence-corrected chi connectivity index (χ1v) is 16.6. The van der Waals surface area contributed by atoms with E-state index in [0.29, 0.717) is 39.0 Å². The van der Waals surface area contributed by atoms with Gasteiger partial charge in [0.25, 0.3) is 0 Å². The van der Waals surface area contributed by atoms with Gasteiger partial charge in [-0.15, -0.1) is 0 Å². The lowest BCUT2D eigenvalue weighted by molar-refractivity contribution is 0.908. The van der Waals surface area contributed by atoms with Gasteiger partial charge in [0.15, 0.2) is 0 Å². The molecule has 0 aliphatic heterocycles. The van der Waals surface area contributed by atoms with Crippen LogP contribution in [0.3, 0.4) is 0 Å². The molecule has 0 bridgehead atoms. The Balaban J connectivity index is 1.30. The van der Waals surface area contributed by atoms with E-state index in [9.17, 15) is 5.48 Å². The minimum atomic E-state index is -3.04. The van der Waals surface area contributed by atoms with E-state index in [1.807, 2.05) is 66.7 Å². The summed E-state index contributed by atoms with van der Waals surface area (Å²) in [5.74, 6) is -0.292. The second kappa shape index (κ2) is 11.8. The number of benzene rings is 9. The van der Waals surface area contributed by atoms with Crippen LogP contribution in [0.1, 0.15) is 30.5 Å². The minimum Gasteiger partial charge on any atom is -0.296 e. The van der Waals surface area contributed by atoms with Crippen molar-refractivity contribution in [3.05, 3.63) is 182 Å². The standard InChI is InChI=1S/C49H34N2/c1-2-47-50-45-27-11-12-28-46(45)51(47)36-19-14-17-33(30-36)32-16-13-18-35(29-32)48-40-23-7-9-25-42(40)49(43-26-10-8-24-41(43)48)44-31-34-15-3-4-20-37(34)38-21-5-6-22-39(38)44/h3-31H,2H2,1H3/i1D3,2D2,7D,8D,9D,10D,23D,24D,25D,26D. The first-order chi connectivity index (χ1) is 30.5. The second-order valence-electron chi connectivity index (χ2n) is 12.5. The van der Waals surface area contributed by atoms with Gasteiger partial charge in [-0.2, -0.15) is 0 Å². The molecule has 0 amide bonds. The summed E-state index contributed by atoms with van der Waals surface area (Å²) in [6.45, 7) is -3.04. The molecule has 1 aromatic heterocycles. The van der Waals surface area contributed by atoms with Crippen molar-refractivity contribution in [2.75, 3.05) is 0 Å². The van der Waals surface area contributed by atoms with Crippen LogP contribution in [0.2, 0.25) is 0 Å². The first-order valence-electron chi connectivity index (χ1n) is 23.1. The van der Waals surface area contributed by atoms with Gasteiger partial charge in [0, 0.05) is 18.9 Å². The molecule has 10 rings (SSSR count). The summed E-state index contributed by atoms with van der Waals surface area (Å²) in [5, 5.41) is 3.77. The maximum atomic E-state index is 9.52. The molecule has 2 heteroatoms. The second-order valence-corrected chi connectivity index (χ2v) is 12.5. The number of hydrogen-bond donors (Lipinski definition) is 0. The average molecular weight is 664 g/mol. The van der Waals surface area contributed by atoms with Crippen LogP contribution in [-0.2, 0) is 6.37 Å². The number of hydrogen-bond acceptors (Lipinski definition) is 1. The van der Waals surface area contributed by atoms with Crippen LogP contribution in [0.5, 0.6) is 0 Å². The lowest BCUT2D eigenvalue weighted by Crippen LogP contribution is -2.00. The van der Waals surface area contributed by atoms with E-state index in [-0.39, 0.29) is 62.7 Å². The highest BCUT2D eigenvalue weighted by Gasteiger charge is 2.19. The maximum Gasteiger partial charge on any atom is 0.114 e. The SMILES string of the molecule is [2H]c1c([2H])c([2H])c2c(-c3cc4ccccc4c4ccccc34)c3c([2H])c([2H])c([2H])c([2H])c3c(-c3cccc(-c4cccc(-n5c(C([2H])([2H])C([2H])([2H])[2H])nc6ccccc65)c4)c3)c2c1[2H]. The molecule has 10 aromatic rings. The molecule has 0 spiro atoms. The monoisotopic (exact) mass is 663 g/mol. The number of aryl methyl sites for hydroxylation is 1. The van der Waals surface area contributed by atoms with Crippen LogP contribution in [0.4, 0.5) is 0 Å². The fraction of sp³-hybridized carbons (Fsp3) is 0.0408. The Morgan fingerprint density at radius 1 is 0.549 bits per heavy atom. The molecule has 0 fully saturated rings. The first kappa shape index (κ1) is 19.0. The molecular formula is C49H34N2. The van der Waals surface area contributed by atoms with Gasteiger partial charge in [-0.05, 0) is 113 Å². The molecule has 1 heterocycles. The van der Waals surface area contributed by atoms with Crippen molar-refractivity contribution in [2.45, 2.75) is 13.2 Å². The van der Waals surface area contributed by atoms with Crippen LogP contribution in [0.25, 0.3) is 93.2 Å². The van der Waals surface area contributed by atoms with E-state index in [4.69, 9.17) is 12.3 Å². The Kier molecular flexibility index (Phi) is 4.41. The molecule has 0 aliphatic carbocycles. The van der Waals surface area contributed by atoms with Crippen molar-refractivity contribution < 1.29 is 17.8 Å². The lowest BCUT2D eigenvalue weighted by atomic mass is 9.83. The highest BCUT2D eigenvalue weighted by molar-refractivity contribution is 6.25. The van der Waals surface area contributed by atoms with Gasteiger partial charge in [0.1, 0.15) is 5.82 Å². The van der Waals surface area contributed by atoms with E-state index < -0.39 is 37.4 Å². The molecule has 0 saturated carbocycles. The van der Waals surface area contributed by atoms with Crippen molar-refractivity contribution in [3.8, 4) is 39.1 Å². The quantitative estimate of drug-likeness (QED) is 0.132. The van der Waals surface area contributed by atoms with Crippen molar-refractivity contribution in [1.29, 1.82) is 0 Å². The van der Waals surface area contributed by atoms with Gasteiger partial charge in [-0.25, -0.2) is 4.98 Å². The summed E-state index contributed by atoms with van der Waals surface area (Å²) in [6, 6.07) is 35.0. The molecule has 0 radical (unpaired) electrons. The third-order valence-electron chi connectivity index (χ3n) is 9.67. The summed E-state index contributed by atoms with van der Waals surface area (Å²) < 4.78 is 117. The Morgan fingerprint density at radius 2 is 1.16 bits per heavy atom. The van der Waals surface area contributed by atoms with Crippen molar-refractivity contribution in [3.63, 3.8) is 0 Å². The van der Waals surface area contributed by atoms with Gasteiger partial charge in [0.05, 0.1) is 22.0 Å². The number of fused-ring (bicyclic) bond motifs is 6. The molecule has 2 nitrogen and oxygen atoms in total. The molecule has 0 aliphatic rings. The third-order valence-corrected chi connectivity index (χ3v) is 9.67. The smallest absolute Gasteiger partial charge is 0.114 e. The van der Waals surface area contributed by atoms with Crippen LogP contribution in [0.15, 0.2) is 176 Å². The zero-order valence-electron chi connectivity index (χ0n) is 40.0. The Morgan fingerprint density at radius 3 is 1.92 bits per heavy atom. The van der Waals surface area contributed by atoms with Crippen LogP contribution in [0, 0.1) is 0 Å². The van der Waals surface area contributed by atoms with E-state index >= 15 is 0 Å². The number of aromatic nitrogens is 2. The van der Waals surface area contributed by atoms with E-state index in [1.54, 1.807) is 60.7 Å². The number of imidazole rings is 1. The zero-order chi connectivity index (χ0) is 45.1. The van der Waals surface area contributed by atoms with Gasteiger partial charge >= 0.3 is 0 Å². The molecule has 51 heavy (non-hydrogen) atoms. The van der Waals surface area contributed by atoms with Gasteiger partial charge in [-0.1, -0.05) is 146 Å². The predicted molar refractivity (Wildman–Crippen MR) is 217 cm³/mol. The van der Waals surface area contributed by atoms with Crippen LogP contribution >= 0.6 is 0 Å². The van der Waals surface area contributed by atoms with Gasteiger partial charge in [-0.3, -0.25) is 4.57 Å². The maximum absolute atomic E-state index is 9.52. The molecule has 0 saturated heterocycles. The normalized spacial score (nSPS) is 15.9. The number of para-hydroxylation sites is 2. The fourth-order valence-corrected chi connectivity index (χ4v) is 7.49. The summed E-state index contributed by atoms with van der Waals surface area (Å²) >= 11 is 0. The van der Waals surface area contributed by atoms with Gasteiger partial charge in [0.2, 0.25) is 0 Å². The highest BCUT2D eigenvalue weighted by Crippen LogP contribution is 2.46. The Bertz CT molecular complexity index is 3550. The number of nitrogens with zero attached hydrogens (tertiary/aromatic N) is 2. The fourth-order valence-electron chi connectivity index (χ4n) is 7.49. The minimum absolute atomic E-state index is 0.0862. The van der Waals surface area contributed by atoms with Crippen molar-refractivity contribution in [2.24, 2.45) is 0 Å². The molecule has 240 valence electrons. The van der Waals surface area contributed by atoms with E-state index in [2.05, 4.69) is 4.98 Å². The largest absolute Gasteiger partial charge is 0.296 e. The highest BCUT2D eigenvalue weighted by atomic mass is 15.1. The molecular weight excluding hydrogens is 617 g/mol. The third kappa shape index (κ3) is 4.68. The summed E-state index contributed by atoms with van der Waals surface area (Å²) in [6.07, 6.45) is -2.82. The Hall–Kier alpha value is -6.51. The van der Waals surface area contributed by atoms with Gasteiger partial charge < -0.3 is 0 Å². The number of rotatable bonds is 5. The van der Waals surface area contributed by atoms with E-state index in [0.717, 1.165) is 21.5 Å². The molecule has 0 atom stereocenters. The van der Waals surface area contributed by atoms with E-state index in [1.165, 1.54) is 4.57 Å². The molecule has 0 N–H and O–H groups in total. The van der Waals surface area contributed by atoms with Crippen molar-refractivity contribution in [1.82, 2.24) is 9.55 Å². The average Bonchev–Trinajstić information content (AvgIpc) is 3.70. The summed E-state index contributed by atoms with van der Waals surface area (Å²) in [4.78, 5) is 4.46.